The number of amides is 2. The van der Waals surface area contributed by atoms with Crippen LogP contribution in [0, 0.1) is 5.82 Å². The van der Waals surface area contributed by atoms with E-state index < -0.39 is 17.8 Å². The smallest absolute Gasteiger partial charge is 0.251 e. The van der Waals surface area contributed by atoms with Crippen LogP contribution in [0.4, 0.5) is 10.1 Å². The fourth-order valence-electron chi connectivity index (χ4n) is 4.16. The van der Waals surface area contributed by atoms with E-state index in [0.29, 0.717) is 28.7 Å². The summed E-state index contributed by atoms with van der Waals surface area (Å²) < 4.78 is 14.9. The van der Waals surface area contributed by atoms with Crippen LogP contribution in [0.15, 0.2) is 81.9 Å². The Morgan fingerprint density at radius 3 is 2.53 bits per heavy atom. The van der Waals surface area contributed by atoms with E-state index >= 15 is 0 Å². The van der Waals surface area contributed by atoms with Crippen molar-refractivity contribution < 1.29 is 14.0 Å². The van der Waals surface area contributed by atoms with Crippen LogP contribution < -0.4 is 11.1 Å². The molecular weight excluding hydrogens is 591 g/mol. The maximum absolute atomic E-state index is 13.7. The van der Waals surface area contributed by atoms with Gasteiger partial charge in [0.05, 0.1) is 0 Å². The minimum atomic E-state index is -0.943. The maximum atomic E-state index is 13.7. The maximum Gasteiger partial charge on any atom is 0.251 e. The Hall–Kier alpha value is -3.01. The van der Waals surface area contributed by atoms with E-state index in [2.05, 4.69) is 42.2 Å². The number of aromatic nitrogens is 1. The van der Waals surface area contributed by atoms with E-state index in [4.69, 9.17) is 5.73 Å². The van der Waals surface area contributed by atoms with Gasteiger partial charge in [0.1, 0.15) is 11.9 Å². The van der Waals surface area contributed by atoms with E-state index in [1.807, 2.05) is 42.6 Å². The van der Waals surface area contributed by atoms with Gasteiger partial charge in [0.2, 0.25) is 5.91 Å². The van der Waals surface area contributed by atoms with Gasteiger partial charge < -0.3 is 20.9 Å². The molecular formula is C27H25Br2FN4O2. The summed E-state index contributed by atoms with van der Waals surface area (Å²) in [7, 11) is 0. The fourth-order valence-corrected chi connectivity index (χ4v) is 5.43. The van der Waals surface area contributed by atoms with Crippen LogP contribution in [0.1, 0.15) is 23.6 Å². The predicted molar refractivity (Wildman–Crippen MR) is 147 cm³/mol. The number of nitrogens with two attached hydrogens (primary N) is 1. The molecule has 36 heavy (non-hydrogen) atoms. The van der Waals surface area contributed by atoms with E-state index in [1.165, 1.54) is 24.3 Å². The summed E-state index contributed by atoms with van der Waals surface area (Å²) in [6.45, 7) is 0.459. The third-order valence-electron chi connectivity index (χ3n) is 5.90. The average Bonchev–Trinajstić information content (AvgIpc) is 3.27. The Balaban J connectivity index is 1.71. The molecule has 0 saturated heterocycles. The summed E-state index contributed by atoms with van der Waals surface area (Å²) in [6, 6.07) is 18.0. The normalized spacial score (nSPS) is 11.9. The van der Waals surface area contributed by atoms with Crippen molar-refractivity contribution in [3.63, 3.8) is 0 Å². The molecule has 4 rings (SSSR count). The highest BCUT2D eigenvalue weighted by Crippen LogP contribution is 2.32. The number of fused-ring (bicyclic) bond motifs is 1. The molecule has 0 aliphatic carbocycles. The topological polar surface area (TPSA) is 91.2 Å². The number of anilines is 1. The summed E-state index contributed by atoms with van der Waals surface area (Å²) in [5, 5.41) is 3.91. The third-order valence-corrected chi connectivity index (χ3v) is 7.08. The van der Waals surface area contributed by atoms with Crippen LogP contribution in [0.2, 0.25) is 0 Å². The molecule has 0 aliphatic rings. The highest BCUT2D eigenvalue weighted by Gasteiger charge is 2.32. The number of carbonyl (C=O) groups is 2. The standard InChI is InChI=1S/C27H25Br2FN4O2/c28-18-5-10-22(23(29)15-18)26(27(36)33-20-8-6-19(30)7-9-20)34(25(35)11-13-31)14-12-17-16-32-24-4-2-1-3-21(17)24/h1-10,15-16,26,32H,11-14,31H2,(H,33,36). The molecule has 0 aliphatic heterocycles. The van der Waals surface area contributed by atoms with Gasteiger partial charge >= 0.3 is 0 Å². The predicted octanol–water partition coefficient (Wildman–Crippen LogP) is 5.93. The molecule has 4 N–H and O–H groups in total. The van der Waals surface area contributed by atoms with Gasteiger partial charge in [0, 0.05) is 51.2 Å². The number of nitrogens with one attached hydrogen (secondary N) is 2. The molecule has 1 heterocycles. The first kappa shape index (κ1) is 26.1. The van der Waals surface area contributed by atoms with Gasteiger partial charge in [-0.25, -0.2) is 4.39 Å². The average molecular weight is 616 g/mol. The van der Waals surface area contributed by atoms with E-state index in [0.717, 1.165) is 20.9 Å². The van der Waals surface area contributed by atoms with Gasteiger partial charge in [0.25, 0.3) is 5.91 Å². The Morgan fingerprint density at radius 1 is 1.06 bits per heavy atom. The number of hydrogen-bond acceptors (Lipinski definition) is 3. The van der Waals surface area contributed by atoms with Crippen molar-refractivity contribution in [2.45, 2.75) is 18.9 Å². The Morgan fingerprint density at radius 2 is 1.81 bits per heavy atom. The molecule has 0 radical (unpaired) electrons. The number of carbonyl (C=O) groups excluding carboxylic acids is 2. The number of hydrogen-bond donors (Lipinski definition) is 3. The molecule has 1 atom stereocenters. The van der Waals surface area contributed by atoms with Crippen LogP contribution >= 0.6 is 31.9 Å². The highest BCUT2D eigenvalue weighted by atomic mass is 79.9. The lowest BCUT2D eigenvalue weighted by atomic mass is 10.0. The van der Waals surface area contributed by atoms with Gasteiger partial charge in [-0.2, -0.15) is 0 Å². The molecule has 2 amide bonds. The van der Waals surface area contributed by atoms with E-state index in [1.54, 1.807) is 11.0 Å². The molecule has 9 heteroatoms. The molecule has 1 unspecified atom stereocenters. The first-order valence-corrected chi connectivity index (χ1v) is 13.0. The van der Waals surface area contributed by atoms with E-state index in [9.17, 15) is 14.0 Å². The van der Waals surface area contributed by atoms with Crippen LogP contribution in [-0.2, 0) is 16.0 Å². The third kappa shape index (κ3) is 6.03. The number of aromatic amines is 1. The van der Waals surface area contributed by atoms with Crippen LogP contribution in [0.25, 0.3) is 10.9 Å². The van der Waals surface area contributed by atoms with Crippen molar-refractivity contribution in [2.75, 3.05) is 18.4 Å². The second kappa shape index (κ2) is 11.8. The lowest BCUT2D eigenvalue weighted by molar-refractivity contribution is -0.138. The zero-order chi connectivity index (χ0) is 25.7. The number of halogens is 3. The number of nitrogens with zero attached hydrogens (tertiary/aromatic N) is 1. The number of para-hydroxylation sites is 1. The lowest BCUT2D eigenvalue weighted by Crippen LogP contribution is -2.43. The van der Waals surface area contributed by atoms with Crippen molar-refractivity contribution in [1.29, 1.82) is 0 Å². The van der Waals surface area contributed by atoms with Gasteiger partial charge in [-0.05, 0) is 60.0 Å². The quantitative estimate of drug-likeness (QED) is 0.218. The zero-order valence-electron chi connectivity index (χ0n) is 19.3. The van der Waals surface area contributed by atoms with Crippen LogP contribution in [-0.4, -0.2) is 34.8 Å². The fraction of sp³-hybridized carbons (Fsp3) is 0.185. The SMILES string of the molecule is NCCC(=O)N(CCc1c[nH]c2ccccc12)C(C(=O)Nc1ccc(F)cc1)c1ccc(Br)cc1Br. The van der Waals surface area contributed by atoms with Crippen molar-refractivity contribution in [1.82, 2.24) is 9.88 Å². The van der Waals surface area contributed by atoms with Crippen molar-refractivity contribution >= 4 is 60.3 Å². The Labute approximate surface area is 225 Å². The van der Waals surface area contributed by atoms with Gasteiger partial charge in [-0.1, -0.05) is 56.1 Å². The largest absolute Gasteiger partial charge is 0.361 e. The van der Waals surface area contributed by atoms with Crippen LogP contribution in [0.3, 0.4) is 0 Å². The summed E-state index contributed by atoms with van der Waals surface area (Å²) in [5.74, 6) is -1.04. The number of rotatable bonds is 9. The van der Waals surface area contributed by atoms with Crippen molar-refractivity contribution in [3.8, 4) is 0 Å². The molecule has 186 valence electrons. The van der Waals surface area contributed by atoms with Gasteiger partial charge in [0.15, 0.2) is 0 Å². The zero-order valence-corrected chi connectivity index (χ0v) is 22.5. The number of H-pyrrole nitrogens is 1. The molecule has 4 aromatic rings. The minimum absolute atomic E-state index is 0.0996. The summed E-state index contributed by atoms with van der Waals surface area (Å²) in [5.41, 5.74) is 8.84. The van der Waals surface area contributed by atoms with Gasteiger partial charge in [-0.3, -0.25) is 9.59 Å². The summed E-state index contributed by atoms with van der Waals surface area (Å²) in [6.07, 6.45) is 2.57. The second-order valence-corrected chi connectivity index (χ2v) is 10.1. The molecule has 6 nitrogen and oxygen atoms in total. The lowest BCUT2D eigenvalue weighted by Gasteiger charge is -2.32. The molecule has 0 saturated carbocycles. The molecule has 0 spiro atoms. The molecule has 3 aromatic carbocycles. The molecule has 0 fully saturated rings. The van der Waals surface area contributed by atoms with Gasteiger partial charge in [-0.15, -0.1) is 0 Å². The minimum Gasteiger partial charge on any atom is -0.361 e. The Kier molecular flexibility index (Phi) is 8.56. The van der Waals surface area contributed by atoms with Crippen LogP contribution in [0.5, 0.6) is 0 Å². The first-order chi connectivity index (χ1) is 17.4. The number of benzene rings is 3. The van der Waals surface area contributed by atoms with E-state index in [-0.39, 0.29) is 18.9 Å². The van der Waals surface area contributed by atoms with Crippen molar-refractivity contribution in [2.24, 2.45) is 5.73 Å². The first-order valence-electron chi connectivity index (χ1n) is 11.4. The Bertz CT molecular complexity index is 1370. The van der Waals surface area contributed by atoms with Crippen molar-refractivity contribution in [3.05, 3.63) is 98.8 Å². The monoisotopic (exact) mass is 614 g/mol. The molecule has 1 aromatic heterocycles. The summed E-state index contributed by atoms with van der Waals surface area (Å²) >= 11 is 7.01. The highest BCUT2D eigenvalue weighted by molar-refractivity contribution is 9.11. The molecule has 0 bridgehead atoms. The summed E-state index contributed by atoms with van der Waals surface area (Å²) in [4.78, 5) is 31.9. The second-order valence-electron chi connectivity index (χ2n) is 8.30.